The fourth-order valence-electron chi connectivity index (χ4n) is 5.19. The number of primary amides is 1. The van der Waals surface area contributed by atoms with Crippen molar-refractivity contribution in [2.75, 3.05) is 44.7 Å². The van der Waals surface area contributed by atoms with Gasteiger partial charge in [0.15, 0.2) is 0 Å². The van der Waals surface area contributed by atoms with Gasteiger partial charge in [0.05, 0.1) is 17.9 Å². The summed E-state index contributed by atoms with van der Waals surface area (Å²) in [6.45, 7) is 2.81. The van der Waals surface area contributed by atoms with Crippen LogP contribution in [0.2, 0.25) is 0 Å². The van der Waals surface area contributed by atoms with Crippen molar-refractivity contribution in [3.05, 3.63) is 29.8 Å². The molecular weight excluding hydrogens is 356 g/mol. The zero-order valence-corrected chi connectivity index (χ0v) is 16.4. The molecule has 2 N–H and O–H groups in total. The molecule has 1 spiro atoms. The minimum Gasteiger partial charge on any atom is -0.369 e. The van der Waals surface area contributed by atoms with Gasteiger partial charge in [0.2, 0.25) is 17.7 Å². The van der Waals surface area contributed by atoms with Gasteiger partial charge in [0.1, 0.15) is 0 Å². The van der Waals surface area contributed by atoms with Crippen molar-refractivity contribution in [2.24, 2.45) is 11.7 Å². The number of benzene rings is 1. The maximum atomic E-state index is 13.1. The predicted octanol–water partition coefficient (Wildman–Crippen LogP) is 0.721. The van der Waals surface area contributed by atoms with Gasteiger partial charge >= 0.3 is 0 Å². The standard InChI is InChI=1S/C21H28N4O3/c1-23-17-7-3-2-6-16(17)21(20(23)28)8-11-25(12-9-21)19(27)15-5-4-10-24(13-15)14-18(22)26/h2-3,6-7,15H,4-5,8-14H2,1H3,(H2,22,26)/t15-/m0/s1. The molecule has 28 heavy (non-hydrogen) atoms. The molecule has 0 radical (unpaired) electrons. The molecule has 1 aromatic carbocycles. The Bertz CT molecular complexity index is 801. The van der Waals surface area contributed by atoms with Crippen LogP contribution in [-0.2, 0) is 19.8 Å². The Morgan fingerprint density at radius 2 is 1.89 bits per heavy atom. The lowest BCUT2D eigenvalue weighted by Crippen LogP contribution is -2.52. The number of hydrogen-bond donors (Lipinski definition) is 1. The number of piperidine rings is 2. The molecule has 3 amide bonds. The summed E-state index contributed by atoms with van der Waals surface area (Å²) < 4.78 is 0. The number of likely N-dealkylation sites (N-methyl/N-ethyl adjacent to an activating group) is 1. The zero-order valence-electron chi connectivity index (χ0n) is 16.4. The Morgan fingerprint density at radius 1 is 1.18 bits per heavy atom. The highest BCUT2D eigenvalue weighted by molar-refractivity contribution is 6.08. The molecule has 0 aromatic heterocycles. The number of para-hydroxylation sites is 1. The first-order valence-electron chi connectivity index (χ1n) is 10.1. The normalized spacial score (nSPS) is 24.5. The highest BCUT2D eigenvalue weighted by atomic mass is 16.2. The molecule has 0 saturated carbocycles. The molecule has 7 heteroatoms. The Labute approximate surface area is 165 Å². The first-order valence-corrected chi connectivity index (χ1v) is 10.1. The third-order valence-electron chi connectivity index (χ3n) is 6.66. The lowest BCUT2D eigenvalue weighted by molar-refractivity contribution is -0.141. The Balaban J connectivity index is 1.44. The highest BCUT2D eigenvalue weighted by Gasteiger charge is 2.51. The van der Waals surface area contributed by atoms with E-state index in [4.69, 9.17) is 5.73 Å². The maximum Gasteiger partial charge on any atom is 0.237 e. The summed E-state index contributed by atoms with van der Waals surface area (Å²) in [7, 11) is 1.84. The number of amides is 3. The first-order chi connectivity index (χ1) is 13.4. The summed E-state index contributed by atoms with van der Waals surface area (Å²) >= 11 is 0. The SMILES string of the molecule is CN1C(=O)C2(CCN(C(=O)[C@H]3CCCN(CC(N)=O)C3)CC2)c2ccccc21. The van der Waals surface area contributed by atoms with Gasteiger partial charge in [-0.25, -0.2) is 0 Å². The van der Waals surface area contributed by atoms with Crippen molar-refractivity contribution in [3.63, 3.8) is 0 Å². The fraction of sp³-hybridized carbons (Fsp3) is 0.571. The number of likely N-dealkylation sites (tertiary alicyclic amines) is 2. The second-order valence-corrected chi connectivity index (χ2v) is 8.33. The van der Waals surface area contributed by atoms with E-state index in [1.807, 2.05) is 35.0 Å². The van der Waals surface area contributed by atoms with Crippen LogP contribution in [0.4, 0.5) is 5.69 Å². The van der Waals surface area contributed by atoms with E-state index in [1.54, 1.807) is 4.90 Å². The van der Waals surface area contributed by atoms with Gasteiger partial charge < -0.3 is 15.5 Å². The highest BCUT2D eigenvalue weighted by Crippen LogP contribution is 2.47. The molecule has 150 valence electrons. The number of carbonyl (C=O) groups is 3. The van der Waals surface area contributed by atoms with Crippen molar-refractivity contribution in [2.45, 2.75) is 31.1 Å². The van der Waals surface area contributed by atoms with E-state index in [-0.39, 0.29) is 30.2 Å². The smallest absolute Gasteiger partial charge is 0.237 e. The fourth-order valence-corrected chi connectivity index (χ4v) is 5.19. The molecule has 2 saturated heterocycles. The van der Waals surface area contributed by atoms with Gasteiger partial charge in [-0.05, 0) is 43.9 Å². The summed E-state index contributed by atoms with van der Waals surface area (Å²) in [5, 5.41) is 0. The van der Waals surface area contributed by atoms with E-state index in [0.29, 0.717) is 32.5 Å². The van der Waals surface area contributed by atoms with Crippen molar-refractivity contribution >= 4 is 23.4 Å². The second-order valence-electron chi connectivity index (χ2n) is 8.33. The summed E-state index contributed by atoms with van der Waals surface area (Å²) in [5.41, 5.74) is 6.90. The third-order valence-corrected chi connectivity index (χ3v) is 6.66. The lowest BCUT2D eigenvalue weighted by atomic mass is 9.73. The second kappa shape index (κ2) is 7.20. The van der Waals surface area contributed by atoms with E-state index in [1.165, 1.54) is 0 Å². The van der Waals surface area contributed by atoms with Crippen molar-refractivity contribution < 1.29 is 14.4 Å². The van der Waals surface area contributed by atoms with E-state index in [0.717, 1.165) is 30.6 Å². The molecule has 1 aromatic rings. The largest absolute Gasteiger partial charge is 0.369 e. The van der Waals surface area contributed by atoms with Crippen LogP contribution in [-0.4, -0.2) is 67.3 Å². The van der Waals surface area contributed by atoms with E-state index in [9.17, 15) is 14.4 Å². The molecule has 1 atom stereocenters. The van der Waals surface area contributed by atoms with Crippen molar-refractivity contribution in [3.8, 4) is 0 Å². The van der Waals surface area contributed by atoms with Crippen LogP contribution < -0.4 is 10.6 Å². The quantitative estimate of drug-likeness (QED) is 0.832. The third kappa shape index (κ3) is 3.07. The van der Waals surface area contributed by atoms with Crippen LogP contribution in [0.25, 0.3) is 0 Å². The van der Waals surface area contributed by atoms with Crippen LogP contribution in [0.15, 0.2) is 24.3 Å². The molecule has 2 fully saturated rings. The van der Waals surface area contributed by atoms with Gasteiger partial charge in [-0.2, -0.15) is 0 Å². The topological polar surface area (TPSA) is 87.0 Å². The van der Waals surface area contributed by atoms with Crippen molar-refractivity contribution in [1.29, 1.82) is 0 Å². The molecular formula is C21H28N4O3. The summed E-state index contributed by atoms with van der Waals surface area (Å²) in [5.74, 6) is -0.144. The predicted molar refractivity (Wildman–Crippen MR) is 106 cm³/mol. The van der Waals surface area contributed by atoms with Crippen LogP contribution in [0.1, 0.15) is 31.2 Å². The molecule has 0 bridgehead atoms. The Kier molecular flexibility index (Phi) is 4.87. The van der Waals surface area contributed by atoms with Crippen LogP contribution >= 0.6 is 0 Å². The minimum atomic E-state index is -0.493. The van der Waals surface area contributed by atoms with Gasteiger partial charge in [-0.15, -0.1) is 0 Å². The van der Waals surface area contributed by atoms with E-state index in [2.05, 4.69) is 6.07 Å². The number of carbonyl (C=O) groups excluding carboxylic acids is 3. The van der Waals surface area contributed by atoms with Gasteiger partial charge in [0, 0.05) is 32.4 Å². The minimum absolute atomic E-state index is 0.0867. The van der Waals surface area contributed by atoms with Gasteiger partial charge in [0.25, 0.3) is 0 Å². The number of hydrogen-bond acceptors (Lipinski definition) is 4. The van der Waals surface area contributed by atoms with E-state index < -0.39 is 5.41 Å². The molecule has 0 unspecified atom stereocenters. The number of nitrogens with two attached hydrogens (primary N) is 1. The zero-order chi connectivity index (χ0) is 19.9. The number of fused-ring (bicyclic) bond motifs is 2. The monoisotopic (exact) mass is 384 g/mol. The van der Waals surface area contributed by atoms with Gasteiger partial charge in [-0.3, -0.25) is 19.3 Å². The maximum absolute atomic E-state index is 13.1. The molecule has 3 aliphatic heterocycles. The Morgan fingerprint density at radius 3 is 2.61 bits per heavy atom. The molecule has 7 nitrogen and oxygen atoms in total. The summed E-state index contributed by atoms with van der Waals surface area (Å²) in [4.78, 5) is 43.0. The molecule has 3 aliphatic rings. The number of anilines is 1. The average molecular weight is 384 g/mol. The molecule has 4 rings (SSSR count). The molecule has 0 aliphatic carbocycles. The van der Waals surface area contributed by atoms with Crippen molar-refractivity contribution in [1.82, 2.24) is 9.80 Å². The lowest BCUT2D eigenvalue weighted by Gasteiger charge is -2.41. The summed E-state index contributed by atoms with van der Waals surface area (Å²) in [6.07, 6.45) is 3.08. The summed E-state index contributed by atoms with van der Waals surface area (Å²) in [6, 6.07) is 7.99. The van der Waals surface area contributed by atoms with Crippen LogP contribution in [0.5, 0.6) is 0 Å². The molecule has 3 heterocycles. The van der Waals surface area contributed by atoms with Crippen LogP contribution in [0, 0.1) is 5.92 Å². The number of nitrogens with zero attached hydrogens (tertiary/aromatic N) is 3. The Hall–Kier alpha value is -2.41. The van der Waals surface area contributed by atoms with Gasteiger partial charge in [-0.1, -0.05) is 18.2 Å². The van der Waals surface area contributed by atoms with E-state index >= 15 is 0 Å². The van der Waals surface area contributed by atoms with Crippen LogP contribution in [0.3, 0.4) is 0 Å². The average Bonchev–Trinajstić information content (AvgIpc) is 2.90. The number of rotatable bonds is 3. The first kappa shape index (κ1) is 18.9.